The quantitative estimate of drug-likeness (QED) is 0.666. The van der Waals surface area contributed by atoms with Crippen molar-refractivity contribution >= 4 is 17.8 Å². The third-order valence-corrected chi connectivity index (χ3v) is 5.71. The van der Waals surface area contributed by atoms with Crippen LogP contribution in [0.25, 0.3) is 0 Å². The summed E-state index contributed by atoms with van der Waals surface area (Å²) in [7, 11) is 0. The molecule has 6 nitrogen and oxygen atoms in total. The molecule has 164 valence electrons. The van der Waals surface area contributed by atoms with Crippen molar-refractivity contribution in [1.29, 1.82) is 0 Å². The van der Waals surface area contributed by atoms with Crippen molar-refractivity contribution in [2.45, 2.75) is 64.3 Å². The second-order valence-electron chi connectivity index (χ2n) is 9.37. The molecule has 0 radical (unpaired) electrons. The van der Waals surface area contributed by atoms with Gasteiger partial charge in [-0.05, 0) is 48.3 Å². The number of rotatable bonds is 7. The fraction of sp³-hybridized carbons (Fsp3) is 0.400. The molecule has 0 spiro atoms. The molecule has 0 aliphatic carbocycles. The molecule has 6 heteroatoms. The van der Waals surface area contributed by atoms with Gasteiger partial charge < -0.3 is 5.32 Å². The summed E-state index contributed by atoms with van der Waals surface area (Å²) < 4.78 is 0. The van der Waals surface area contributed by atoms with Gasteiger partial charge in [0, 0.05) is 6.42 Å². The number of hydrogen-bond donors (Lipinski definition) is 2. The first-order valence-corrected chi connectivity index (χ1v) is 10.7. The summed E-state index contributed by atoms with van der Waals surface area (Å²) in [5.74, 6) is -0.799. The number of nitrogens with zero attached hydrogens (tertiary/aromatic N) is 1. The van der Waals surface area contributed by atoms with Gasteiger partial charge in [0.1, 0.15) is 5.54 Å². The summed E-state index contributed by atoms with van der Waals surface area (Å²) in [4.78, 5) is 37.6. The van der Waals surface area contributed by atoms with Crippen LogP contribution >= 0.6 is 0 Å². The molecule has 0 saturated carbocycles. The van der Waals surface area contributed by atoms with Gasteiger partial charge in [-0.2, -0.15) is 5.01 Å². The SMILES string of the molecule is CC1(CCc2ccccc2)NC(=O)N(NC(=O)CCc2ccc(C(C)(C)C)cc2)C1=O. The minimum absolute atomic E-state index is 0.0759. The average Bonchev–Trinajstić information content (AvgIpc) is 2.94. The zero-order chi connectivity index (χ0) is 22.6. The summed E-state index contributed by atoms with van der Waals surface area (Å²) in [6, 6.07) is 17.4. The Labute approximate surface area is 184 Å². The van der Waals surface area contributed by atoms with Crippen molar-refractivity contribution in [3.05, 3.63) is 71.3 Å². The Kier molecular flexibility index (Phi) is 6.48. The first-order chi connectivity index (χ1) is 14.6. The monoisotopic (exact) mass is 421 g/mol. The molecular formula is C25H31N3O3. The number of imide groups is 1. The molecular weight excluding hydrogens is 390 g/mol. The highest BCUT2D eigenvalue weighted by Gasteiger charge is 2.48. The molecule has 1 saturated heterocycles. The predicted octanol–water partition coefficient (Wildman–Crippen LogP) is 3.89. The first kappa shape index (κ1) is 22.5. The van der Waals surface area contributed by atoms with Crippen LogP contribution in [0.1, 0.15) is 57.2 Å². The number of carbonyl (C=O) groups excluding carboxylic acids is 3. The zero-order valence-corrected chi connectivity index (χ0v) is 18.7. The highest BCUT2D eigenvalue weighted by atomic mass is 16.2. The predicted molar refractivity (Wildman–Crippen MR) is 120 cm³/mol. The molecule has 2 aromatic rings. The lowest BCUT2D eigenvalue weighted by molar-refractivity contribution is -0.138. The number of hydrazine groups is 1. The minimum atomic E-state index is -1.04. The standard InChI is InChI=1S/C25H31N3O3/c1-24(2,3)20-13-10-19(11-14-20)12-15-21(29)27-28-22(30)25(4,26-23(28)31)17-16-18-8-6-5-7-9-18/h5-11,13-14H,12,15-17H2,1-4H3,(H,26,31)(H,27,29). The van der Waals surface area contributed by atoms with E-state index < -0.39 is 17.5 Å². The third kappa shape index (κ3) is 5.51. The van der Waals surface area contributed by atoms with Gasteiger partial charge in [0.15, 0.2) is 0 Å². The van der Waals surface area contributed by atoms with Crippen LogP contribution in [0.4, 0.5) is 4.79 Å². The van der Waals surface area contributed by atoms with E-state index in [2.05, 4.69) is 43.6 Å². The Morgan fingerprint density at radius 2 is 1.58 bits per heavy atom. The average molecular weight is 422 g/mol. The fourth-order valence-electron chi connectivity index (χ4n) is 3.60. The van der Waals surface area contributed by atoms with Crippen molar-refractivity contribution in [2.24, 2.45) is 0 Å². The number of hydrogen-bond acceptors (Lipinski definition) is 3. The molecule has 2 N–H and O–H groups in total. The molecule has 1 aliphatic heterocycles. The van der Waals surface area contributed by atoms with Gasteiger partial charge in [-0.15, -0.1) is 0 Å². The molecule has 4 amide bonds. The van der Waals surface area contributed by atoms with Crippen molar-refractivity contribution < 1.29 is 14.4 Å². The smallest absolute Gasteiger partial charge is 0.322 e. The van der Waals surface area contributed by atoms with E-state index in [1.807, 2.05) is 42.5 Å². The van der Waals surface area contributed by atoms with Crippen molar-refractivity contribution in [1.82, 2.24) is 15.8 Å². The lowest BCUT2D eigenvalue weighted by Gasteiger charge is -2.21. The van der Waals surface area contributed by atoms with Crippen molar-refractivity contribution in [3.63, 3.8) is 0 Å². The second kappa shape index (κ2) is 8.92. The molecule has 0 aromatic heterocycles. The van der Waals surface area contributed by atoms with E-state index in [4.69, 9.17) is 0 Å². The maximum absolute atomic E-state index is 12.8. The summed E-state index contributed by atoms with van der Waals surface area (Å²) >= 11 is 0. The normalized spacial score (nSPS) is 18.8. The van der Waals surface area contributed by atoms with E-state index in [0.29, 0.717) is 19.3 Å². The Morgan fingerprint density at radius 3 is 2.19 bits per heavy atom. The van der Waals surface area contributed by atoms with Crippen LogP contribution < -0.4 is 10.7 Å². The van der Waals surface area contributed by atoms with E-state index in [9.17, 15) is 14.4 Å². The van der Waals surface area contributed by atoms with Crippen molar-refractivity contribution in [3.8, 4) is 0 Å². The van der Waals surface area contributed by atoms with E-state index in [-0.39, 0.29) is 17.7 Å². The Balaban J connectivity index is 1.53. The van der Waals surface area contributed by atoms with Gasteiger partial charge in [-0.1, -0.05) is 75.4 Å². The van der Waals surface area contributed by atoms with Crippen LogP contribution in [0.5, 0.6) is 0 Å². The summed E-state index contributed by atoms with van der Waals surface area (Å²) in [5, 5.41) is 3.54. The minimum Gasteiger partial charge on any atom is -0.322 e. The van der Waals surface area contributed by atoms with Crippen LogP contribution in [-0.4, -0.2) is 28.4 Å². The lowest BCUT2D eigenvalue weighted by atomic mass is 9.86. The molecule has 1 fully saturated rings. The molecule has 3 rings (SSSR count). The van der Waals surface area contributed by atoms with Gasteiger partial charge in [-0.3, -0.25) is 15.0 Å². The maximum Gasteiger partial charge on any atom is 0.344 e. The Bertz CT molecular complexity index is 948. The largest absolute Gasteiger partial charge is 0.344 e. The molecule has 1 atom stereocenters. The second-order valence-corrected chi connectivity index (χ2v) is 9.37. The molecule has 2 aromatic carbocycles. The highest BCUT2D eigenvalue weighted by molar-refractivity contribution is 6.07. The van der Waals surface area contributed by atoms with Gasteiger partial charge in [0.2, 0.25) is 5.91 Å². The number of amides is 4. The Morgan fingerprint density at radius 1 is 0.968 bits per heavy atom. The number of urea groups is 1. The number of benzene rings is 2. The van der Waals surface area contributed by atoms with E-state index >= 15 is 0 Å². The van der Waals surface area contributed by atoms with Crippen LogP contribution in [-0.2, 0) is 27.8 Å². The maximum atomic E-state index is 12.8. The molecule has 1 aliphatic rings. The van der Waals surface area contributed by atoms with E-state index in [0.717, 1.165) is 16.1 Å². The van der Waals surface area contributed by atoms with E-state index in [1.165, 1.54) is 5.56 Å². The van der Waals surface area contributed by atoms with Gasteiger partial charge in [0.05, 0.1) is 0 Å². The number of nitrogens with one attached hydrogen (secondary N) is 2. The number of aryl methyl sites for hydroxylation is 2. The molecule has 0 bridgehead atoms. The fourth-order valence-corrected chi connectivity index (χ4v) is 3.60. The third-order valence-electron chi connectivity index (χ3n) is 5.71. The van der Waals surface area contributed by atoms with Gasteiger partial charge in [-0.25, -0.2) is 4.79 Å². The Hall–Kier alpha value is -3.15. The van der Waals surface area contributed by atoms with Crippen LogP contribution in [0.3, 0.4) is 0 Å². The number of carbonyl (C=O) groups is 3. The topological polar surface area (TPSA) is 78.5 Å². The van der Waals surface area contributed by atoms with Crippen LogP contribution in [0.15, 0.2) is 54.6 Å². The molecule has 1 unspecified atom stereocenters. The van der Waals surface area contributed by atoms with Crippen LogP contribution in [0, 0.1) is 0 Å². The zero-order valence-electron chi connectivity index (χ0n) is 18.7. The van der Waals surface area contributed by atoms with Gasteiger partial charge in [0.25, 0.3) is 5.91 Å². The van der Waals surface area contributed by atoms with Gasteiger partial charge >= 0.3 is 6.03 Å². The summed E-state index contributed by atoms with van der Waals surface area (Å²) in [6.45, 7) is 8.16. The summed E-state index contributed by atoms with van der Waals surface area (Å²) in [6.07, 6.45) is 1.82. The first-order valence-electron chi connectivity index (χ1n) is 10.7. The van der Waals surface area contributed by atoms with Crippen LogP contribution in [0.2, 0.25) is 0 Å². The molecule has 1 heterocycles. The summed E-state index contributed by atoms with van der Waals surface area (Å²) in [5.41, 5.74) is 4.86. The lowest BCUT2D eigenvalue weighted by Crippen LogP contribution is -2.49. The highest BCUT2D eigenvalue weighted by Crippen LogP contribution is 2.23. The molecule has 31 heavy (non-hydrogen) atoms. The van der Waals surface area contributed by atoms with Crippen molar-refractivity contribution in [2.75, 3.05) is 0 Å². The van der Waals surface area contributed by atoms with E-state index in [1.54, 1.807) is 6.92 Å².